The lowest BCUT2D eigenvalue weighted by atomic mass is 10.0. The van der Waals surface area contributed by atoms with Crippen LogP contribution in [-0.2, 0) is 18.4 Å². The molecular weight excluding hydrogens is 1190 g/mol. The highest BCUT2D eigenvalue weighted by atomic mass is 31.2. The van der Waals surface area contributed by atoms with Crippen LogP contribution in [-0.4, -0.2) is 68.5 Å². The second kappa shape index (κ2) is 73.8. The van der Waals surface area contributed by atoms with Crippen LogP contribution in [0.4, 0.5) is 0 Å². The Balaban J connectivity index is 4.22. The molecule has 0 aliphatic rings. The standard InChI is InChI=1S/C86H145N2O6P/c1-6-8-10-12-14-16-18-20-22-24-26-28-30-32-34-36-38-40-41-42-43-44-45-46-47-48-50-52-54-56-58-60-62-64-66-68-70-72-74-76-78-80-86(90)87-84(83-94-95(91,92)93-82-81-88(3,4)5)85(89)79-77-75-73-71-69-67-65-63-61-59-57-55-53-51-49-39-37-35-33-31-29-27-25-23-21-19-17-15-13-11-9-7-2/h8,10,14,16,20,22,26,28,32,34,38,40,42-43,45-46,48,50,54,56,60-63,66,68-69,71,77,79,84-85,89H,6-7,9,11-13,15,17-19,21,23-25,27,29-31,33,35-37,39,41,44,47,49,51-53,55,57-59,64-65,67,70,72-76,78,80-83H2,1-5H3,(H-,87,90,91,92)/b10-8-,16-14-,22-20-,28-26-,34-32-,40-38-,43-42-,46-45-,50-48-,56-54-,62-60-,63-61+,68-66-,71-69+,79-77+. The predicted octanol–water partition coefficient (Wildman–Crippen LogP) is 25.0. The first-order valence-corrected chi connectivity index (χ1v) is 40.1. The van der Waals surface area contributed by atoms with Gasteiger partial charge in [0.2, 0.25) is 5.91 Å². The molecule has 0 rings (SSSR count). The van der Waals surface area contributed by atoms with Crippen molar-refractivity contribution in [3.63, 3.8) is 0 Å². The fourth-order valence-electron chi connectivity index (χ4n) is 10.4. The Labute approximate surface area is 586 Å². The van der Waals surface area contributed by atoms with Crippen LogP contribution in [0.25, 0.3) is 0 Å². The van der Waals surface area contributed by atoms with Crippen LogP contribution in [0.3, 0.4) is 0 Å². The van der Waals surface area contributed by atoms with Gasteiger partial charge in [0, 0.05) is 6.42 Å². The number of nitrogens with zero attached hydrogens (tertiary/aromatic N) is 1. The summed E-state index contributed by atoms with van der Waals surface area (Å²) in [6, 6.07) is -0.940. The Bertz CT molecular complexity index is 2210. The topological polar surface area (TPSA) is 108 Å². The number of aliphatic hydroxyl groups is 1. The number of carbonyl (C=O) groups excluding carboxylic acids is 1. The van der Waals surface area contributed by atoms with Crippen molar-refractivity contribution in [3.05, 3.63) is 182 Å². The van der Waals surface area contributed by atoms with E-state index in [-0.39, 0.29) is 18.9 Å². The molecule has 0 radical (unpaired) electrons. The third-order valence-corrected chi connectivity index (χ3v) is 17.3. The number of hydrogen-bond acceptors (Lipinski definition) is 6. The van der Waals surface area contributed by atoms with Crippen molar-refractivity contribution in [1.82, 2.24) is 5.32 Å². The van der Waals surface area contributed by atoms with Crippen molar-refractivity contribution in [2.75, 3.05) is 40.9 Å². The number of aliphatic hydroxyl groups excluding tert-OH is 1. The number of carbonyl (C=O) groups is 1. The molecule has 3 atom stereocenters. The molecule has 0 aromatic carbocycles. The first kappa shape index (κ1) is 90.6. The highest BCUT2D eigenvalue weighted by molar-refractivity contribution is 7.45. The predicted molar refractivity (Wildman–Crippen MR) is 417 cm³/mol. The van der Waals surface area contributed by atoms with Crippen LogP contribution in [0.1, 0.15) is 303 Å². The molecular formula is C86H145N2O6P. The number of rotatable bonds is 69. The Morgan fingerprint density at radius 1 is 0.379 bits per heavy atom. The first-order chi connectivity index (χ1) is 46.5. The number of allylic oxidation sites excluding steroid dienone is 29. The van der Waals surface area contributed by atoms with Gasteiger partial charge >= 0.3 is 0 Å². The second-order valence-electron chi connectivity index (χ2n) is 26.6. The monoisotopic (exact) mass is 1330 g/mol. The Morgan fingerprint density at radius 3 is 0.979 bits per heavy atom. The number of phosphoric ester groups is 1. The minimum atomic E-state index is -4.64. The number of nitrogens with one attached hydrogen (secondary N) is 1. The van der Waals surface area contributed by atoms with Gasteiger partial charge < -0.3 is 28.8 Å². The van der Waals surface area contributed by atoms with Crippen molar-refractivity contribution < 1.29 is 32.9 Å². The molecule has 1 amide bonds. The molecule has 0 bridgehead atoms. The molecule has 0 heterocycles. The number of phosphoric acid groups is 1. The largest absolute Gasteiger partial charge is 0.756 e. The number of amides is 1. The zero-order valence-corrected chi connectivity index (χ0v) is 62.7. The number of hydrogen-bond donors (Lipinski definition) is 2. The van der Waals surface area contributed by atoms with Gasteiger partial charge in [0.1, 0.15) is 13.2 Å². The molecule has 95 heavy (non-hydrogen) atoms. The van der Waals surface area contributed by atoms with Crippen molar-refractivity contribution >= 4 is 13.7 Å². The van der Waals surface area contributed by atoms with Gasteiger partial charge in [-0.2, -0.15) is 0 Å². The average molecular weight is 1330 g/mol. The van der Waals surface area contributed by atoms with Gasteiger partial charge in [0.05, 0.1) is 39.9 Å². The smallest absolute Gasteiger partial charge is 0.268 e. The maximum atomic E-state index is 13.0. The van der Waals surface area contributed by atoms with Crippen molar-refractivity contribution in [2.45, 2.75) is 315 Å². The van der Waals surface area contributed by atoms with E-state index in [1.54, 1.807) is 6.08 Å². The van der Waals surface area contributed by atoms with E-state index < -0.39 is 26.6 Å². The third-order valence-electron chi connectivity index (χ3n) is 16.3. The zero-order chi connectivity index (χ0) is 69.0. The van der Waals surface area contributed by atoms with Crippen LogP contribution in [0.5, 0.6) is 0 Å². The molecule has 0 aliphatic carbocycles. The SMILES string of the molecule is CC/C=C\C/C=C\C/C=C\C/C=C\C/C=C\C/C=C\C/C=C\C/C=C\C/C=C\C/C=C\C/C=C\C/C=C\CCCCCCC(=O)NC(COP(=O)([O-])OCC[N+](C)(C)C)C(O)/C=C/CC/C=C/CC/C=C/CCCCCCCCCCCCCCCCCCCCCCCC. The van der Waals surface area contributed by atoms with Crippen LogP contribution in [0.15, 0.2) is 182 Å². The van der Waals surface area contributed by atoms with E-state index in [1.165, 1.54) is 148 Å². The van der Waals surface area contributed by atoms with Gasteiger partial charge in [0.25, 0.3) is 7.82 Å². The molecule has 9 heteroatoms. The van der Waals surface area contributed by atoms with Crippen LogP contribution >= 0.6 is 7.82 Å². The molecule has 540 valence electrons. The molecule has 0 spiro atoms. The summed E-state index contributed by atoms with van der Waals surface area (Å²) in [6.45, 7) is 4.49. The Morgan fingerprint density at radius 2 is 0.653 bits per heavy atom. The van der Waals surface area contributed by atoms with E-state index in [4.69, 9.17) is 9.05 Å². The number of unbranched alkanes of at least 4 members (excludes halogenated alkanes) is 28. The summed E-state index contributed by atoms with van der Waals surface area (Å²) in [7, 11) is 1.20. The van der Waals surface area contributed by atoms with Crippen molar-refractivity contribution in [3.8, 4) is 0 Å². The van der Waals surface area contributed by atoms with E-state index in [0.717, 1.165) is 122 Å². The molecule has 0 saturated heterocycles. The number of likely N-dealkylation sites (N-methyl/N-ethyl adjacent to an activating group) is 1. The zero-order valence-electron chi connectivity index (χ0n) is 61.8. The molecule has 0 saturated carbocycles. The average Bonchev–Trinajstić information content (AvgIpc) is 2.01. The summed E-state index contributed by atoms with van der Waals surface area (Å²) in [6.07, 6.45) is 118. The summed E-state index contributed by atoms with van der Waals surface area (Å²) >= 11 is 0. The molecule has 0 aromatic heterocycles. The lowest BCUT2D eigenvalue weighted by Gasteiger charge is -2.29. The van der Waals surface area contributed by atoms with E-state index in [2.05, 4.69) is 189 Å². The van der Waals surface area contributed by atoms with Crippen LogP contribution in [0.2, 0.25) is 0 Å². The molecule has 2 N–H and O–H groups in total. The number of quaternary nitrogens is 1. The van der Waals surface area contributed by atoms with Gasteiger partial charge in [-0.15, -0.1) is 0 Å². The minimum Gasteiger partial charge on any atom is -0.756 e. The van der Waals surface area contributed by atoms with Crippen molar-refractivity contribution in [1.29, 1.82) is 0 Å². The van der Waals surface area contributed by atoms with Gasteiger partial charge in [0.15, 0.2) is 0 Å². The highest BCUT2D eigenvalue weighted by Crippen LogP contribution is 2.38. The fraction of sp³-hybridized carbons (Fsp3) is 0.640. The van der Waals surface area contributed by atoms with E-state index in [1.807, 2.05) is 27.2 Å². The Hall–Kier alpha value is -4.40. The maximum absolute atomic E-state index is 13.0. The normalized spacial score (nSPS) is 14.6. The van der Waals surface area contributed by atoms with E-state index in [0.29, 0.717) is 23.9 Å². The second-order valence-corrected chi connectivity index (χ2v) is 28.0. The lowest BCUT2D eigenvalue weighted by molar-refractivity contribution is -0.870. The summed E-state index contributed by atoms with van der Waals surface area (Å²) in [5.74, 6) is -0.241. The molecule has 0 aliphatic heterocycles. The summed E-state index contributed by atoms with van der Waals surface area (Å²) in [5, 5.41) is 13.9. The fourth-order valence-corrected chi connectivity index (χ4v) is 11.1. The summed E-state index contributed by atoms with van der Waals surface area (Å²) in [4.78, 5) is 25.7. The van der Waals surface area contributed by atoms with Gasteiger partial charge in [-0.05, 0) is 135 Å². The molecule has 3 unspecified atom stereocenters. The maximum Gasteiger partial charge on any atom is 0.268 e. The van der Waals surface area contributed by atoms with E-state index in [9.17, 15) is 19.4 Å². The first-order valence-electron chi connectivity index (χ1n) is 38.6. The van der Waals surface area contributed by atoms with Gasteiger partial charge in [-0.3, -0.25) is 9.36 Å². The highest BCUT2D eigenvalue weighted by Gasteiger charge is 2.23. The molecule has 0 fully saturated rings. The minimum absolute atomic E-state index is 0.0240. The quantitative estimate of drug-likeness (QED) is 0.0272. The van der Waals surface area contributed by atoms with E-state index >= 15 is 0 Å². The molecule has 8 nitrogen and oxygen atoms in total. The third kappa shape index (κ3) is 76.8. The van der Waals surface area contributed by atoms with Gasteiger partial charge in [-0.25, -0.2) is 0 Å². The summed E-state index contributed by atoms with van der Waals surface area (Å²) in [5.41, 5.74) is 0. The van der Waals surface area contributed by atoms with Gasteiger partial charge in [-0.1, -0.05) is 344 Å². The Kier molecular flexibility index (Phi) is 70.4. The van der Waals surface area contributed by atoms with Crippen LogP contribution < -0.4 is 10.2 Å². The molecule has 0 aromatic rings. The van der Waals surface area contributed by atoms with Crippen LogP contribution in [0, 0.1) is 0 Å². The summed E-state index contributed by atoms with van der Waals surface area (Å²) < 4.78 is 23.4. The van der Waals surface area contributed by atoms with Crippen molar-refractivity contribution in [2.24, 2.45) is 0 Å². The lowest BCUT2D eigenvalue weighted by Crippen LogP contribution is -2.45.